The lowest BCUT2D eigenvalue weighted by molar-refractivity contribution is -0.134. The maximum Gasteiger partial charge on any atom is 0.226 e. The van der Waals surface area contributed by atoms with Gasteiger partial charge in [0.1, 0.15) is 0 Å². The van der Waals surface area contributed by atoms with Gasteiger partial charge in [-0.25, -0.2) is 0 Å². The van der Waals surface area contributed by atoms with Crippen molar-refractivity contribution in [3.8, 4) is 0 Å². The van der Waals surface area contributed by atoms with Gasteiger partial charge in [0.15, 0.2) is 11.6 Å². The minimum atomic E-state index is -0.0877. The molecular formula is C15H21N5O3. The Bertz CT molecular complexity index is 633. The Morgan fingerprint density at radius 2 is 2.04 bits per heavy atom. The summed E-state index contributed by atoms with van der Waals surface area (Å²) < 4.78 is 7.40. The van der Waals surface area contributed by atoms with Crippen molar-refractivity contribution >= 4 is 11.8 Å². The van der Waals surface area contributed by atoms with Gasteiger partial charge in [0, 0.05) is 25.9 Å². The second-order valence-electron chi connectivity index (χ2n) is 6.60. The highest BCUT2D eigenvalue weighted by Gasteiger charge is 2.58. The van der Waals surface area contributed by atoms with Gasteiger partial charge in [-0.2, -0.15) is 0 Å². The molecule has 8 heteroatoms. The highest BCUT2D eigenvalue weighted by molar-refractivity contribution is 5.82. The number of aromatic nitrogens is 3. The van der Waals surface area contributed by atoms with E-state index in [4.69, 9.17) is 4.74 Å². The van der Waals surface area contributed by atoms with Crippen LogP contribution in [0.25, 0.3) is 0 Å². The number of fused-ring (bicyclic) bond motifs is 2. The molecule has 3 aliphatic rings. The summed E-state index contributed by atoms with van der Waals surface area (Å²) in [6, 6.07) is 0. The second-order valence-corrected chi connectivity index (χ2v) is 6.60. The van der Waals surface area contributed by atoms with Crippen LogP contribution in [-0.4, -0.2) is 51.2 Å². The van der Waals surface area contributed by atoms with Gasteiger partial charge in [-0.1, -0.05) is 0 Å². The van der Waals surface area contributed by atoms with Gasteiger partial charge in [-0.3, -0.25) is 9.59 Å². The maximum absolute atomic E-state index is 12.7. The molecule has 1 aromatic rings. The zero-order valence-electron chi connectivity index (χ0n) is 13.2. The lowest BCUT2D eigenvalue weighted by atomic mass is 10.2. The molecule has 2 fully saturated rings. The van der Waals surface area contributed by atoms with Crippen LogP contribution in [0.4, 0.5) is 0 Å². The Morgan fingerprint density at radius 1 is 1.26 bits per heavy atom. The van der Waals surface area contributed by atoms with Crippen molar-refractivity contribution in [3.05, 3.63) is 11.6 Å². The number of carbonyl (C=O) groups excluding carboxylic acids is 2. The molecule has 3 atom stereocenters. The number of amides is 2. The molecular weight excluding hydrogens is 298 g/mol. The third kappa shape index (κ3) is 2.60. The second kappa shape index (κ2) is 5.59. The fourth-order valence-corrected chi connectivity index (χ4v) is 3.76. The molecule has 1 N–H and O–H groups in total. The molecule has 1 saturated heterocycles. The van der Waals surface area contributed by atoms with Crippen LogP contribution >= 0.6 is 0 Å². The summed E-state index contributed by atoms with van der Waals surface area (Å²) in [6.45, 7) is 5.34. The van der Waals surface area contributed by atoms with Crippen LogP contribution < -0.4 is 5.32 Å². The molecule has 8 nitrogen and oxygen atoms in total. The van der Waals surface area contributed by atoms with Crippen molar-refractivity contribution in [3.63, 3.8) is 0 Å². The molecule has 23 heavy (non-hydrogen) atoms. The third-order valence-electron chi connectivity index (χ3n) is 5.09. The summed E-state index contributed by atoms with van der Waals surface area (Å²) in [5, 5.41) is 11.1. The van der Waals surface area contributed by atoms with Crippen LogP contribution in [-0.2, 0) is 34.0 Å². The summed E-state index contributed by atoms with van der Waals surface area (Å²) in [4.78, 5) is 25.7. The monoisotopic (exact) mass is 319 g/mol. The van der Waals surface area contributed by atoms with Crippen LogP contribution in [0.15, 0.2) is 0 Å². The first kappa shape index (κ1) is 14.6. The Labute approximate surface area is 134 Å². The summed E-state index contributed by atoms with van der Waals surface area (Å²) in [7, 11) is 0. The topological polar surface area (TPSA) is 89.4 Å². The molecule has 1 aliphatic carbocycles. The van der Waals surface area contributed by atoms with E-state index in [1.54, 1.807) is 0 Å². The van der Waals surface area contributed by atoms with Gasteiger partial charge in [-0.15, -0.1) is 10.2 Å². The van der Waals surface area contributed by atoms with E-state index in [9.17, 15) is 9.59 Å². The van der Waals surface area contributed by atoms with E-state index in [1.165, 1.54) is 6.92 Å². The van der Waals surface area contributed by atoms with E-state index >= 15 is 0 Å². The minimum Gasteiger partial charge on any atom is -0.381 e. The number of hydrogen-bond donors (Lipinski definition) is 1. The van der Waals surface area contributed by atoms with Crippen molar-refractivity contribution in [2.45, 2.75) is 33.0 Å². The Morgan fingerprint density at radius 3 is 2.78 bits per heavy atom. The van der Waals surface area contributed by atoms with Crippen molar-refractivity contribution in [1.82, 2.24) is 25.0 Å². The first-order chi connectivity index (χ1) is 11.1. The first-order valence-electron chi connectivity index (χ1n) is 8.17. The predicted octanol–water partition coefficient (Wildman–Crippen LogP) is -0.461. The minimum absolute atomic E-state index is 0.0877. The molecule has 0 spiro atoms. The van der Waals surface area contributed by atoms with Crippen LogP contribution in [0.5, 0.6) is 0 Å². The fourth-order valence-electron chi connectivity index (χ4n) is 3.76. The van der Waals surface area contributed by atoms with Crippen molar-refractivity contribution in [1.29, 1.82) is 0 Å². The zero-order chi connectivity index (χ0) is 16.0. The smallest absolute Gasteiger partial charge is 0.226 e. The maximum atomic E-state index is 12.7. The van der Waals surface area contributed by atoms with Crippen LogP contribution in [0, 0.1) is 17.8 Å². The Hall–Kier alpha value is -1.96. The zero-order valence-corrected chi connectivity index (χ0v) is 13.2. The summed E-state index contributed by atoms with van der Waals surface area (Å²) in [6.07, 6.45) is 0.877. The molecule has 1 unspecified atom stereocenters. The van der Waals surface area contributed by atoms with Crippen molar-refractivity contribution < 1.29 is 14.3 Å². The molecule has 4 rings (SSSR count). The quantitative estimate of drug-likeness (QED) is 0.814. The lowest BCUT2D eigenvalue weighted by Crippen LogP contribution is -2.33. The SMILES string of the molecule is CC(=O)NCc1nnc2n1CCCN(C(=O)C1[C@H]3COC[C@@H]13)C2. The summed E-state index contributed by atoms with van der Waals surface area (Å²) in [5.74, 6) is 2.72. The molecule has 1 aromatic heterocycles. The average Bonchev–Trinajstić information content (AvgIpc) is 2.87. The number of hydrogen-bond acceptors (Lipinski definition) is 5. The predicted molar refractivity (Wildman–Crippen MR) is 78.9 cm³/mol. The van der Waals surface area contributed by atoms with E-state index in [2.05, 4.69) is 15.5 Å². The molecule has 3 heterocycles. The van der Waals surface area contributed by atoms with Gasteiger partial charge in [-0.05, 0) is 18.3 Å². The van der Waals surface area contributed by atoms with E-state index in [1.807, 2.05) is 9.47 Å². The number of ether oxygens (including phenoxy) is 1. The van der Waals surface area contributed by atoms with Crippen molar-refractivity contribution in [2.24, 2.45) is 17.8 Å². The molecule has 2 amide bonds. The number of carbonyl (C=O) groups is 2. The third-order valence-corrected chi connectivity index (χ3v) is 5.09. The molecule has 0 radical (unpaired) electrons. The summed E-state index contributed by atoms with van der Waals surface area (Å²) in [5.41, 5.74) is 0. The van der Waals surface area contributed by atoms with Gasteiger partial charge in [0.2, 0.25) is 11.8 Å². The van der Waals surface area contributed by atoms with E-state index in [0.717, 1.165) is 44.4 Å². The normalized spacial score (nSPS) is 28.7. The number of nitrogens with zero attached hydrogens (tertiary/aromatic N) is 4. The summed E-state index contributed by atoms with van der Waals surface area (Å²) >= 11 is 0. The Kier molecular flexibility index (Phi) is 3.56. The first-order valence-corrected chi connectivity index (χ1v) is 8.17. The van der Waals surface area contributed by atoms with Gasteiger partial charge in [0.05, 0.1) is 26.3 Å². The van der Waals surface area contributed by atoms with E-state index in [0.29, 0.717) is 24.9 Å². The standard InChI is InChI=1S/C15H21N5O3/c1-9(21)16-5-12-17-18-13-6-19(3-2-4-20(12)13)15(22)14-10-7-23-8-11(10)14/h10-11,14H,2-8H2,1H3,(H,16,21)/t10-,11+,14?. The highest BCUT2D eigenvalue weighted by atomic mass is 16.5. The van der Waals surface area contributed by atoms with Crippen LogP contribution in [0.2, 0.25) is 0 Å². The molecule has 124 valence electrons. The van der Waals surface area contributed by atoms with E-state index in [-0.39, 0.29) is 17.7 Å². The van der Waals surface area contributed by atoms with Crippen LogP contribution in [0.3, 0.4) is 0 Å². The highest BCUT2D eigenvalue weighted by Crippen LogP contribution is 2.51. The largest absolute Gasteiger partial charge is 0.381 e. The molecule has 0 bridgehead atoms. The van der Waals surface area contributed by atoms with Gasteiger partial charge >= 0.3 is 0 Å². The number of rotatable bonds is 3. The van der Waals surface area contributed by atoms with Gasteiger partial charge < -0.3 is 19.5 Å². The lowest BCUT2D eigenvalue weighted by Gasteiger charge is -2.20. The Balaban J connectivity index is 1.45. The molecule has 2 aliphatic heterocycles. The van der Waals surface area contributed by atoms with Crippen molar-refractivity contribution in [2.75, 3.05) is 19.8 Å². The number of nitrogens with one attached hydrogen (secondary N) is 1. The fraction of sp³-hybridized carbons (Fsp3) is 0.733. The van der Waals surface area contributed by atoms with Crippen LogP contribution in [0.1, 0.15) is 25.0 Å². The van der Waals surface area contributed by atoms with Gasteiger partial charge in [0.25, 0.3) is 0 Å². The van der Waals surface area contributed by atoms with E-state index < -0.39 is 0 Å². The average molecular weight is 319 g/mol. The molecule has 1 saturated carbocycles. The molecule has 0 aromatic carbocycles.